The molecule has 2 rings (SSSR count). The Bertz CT molecular complexity index is 686. The SMILES string of the molecule is Nc1ccc(F)cc1C(=O)NCc1ccc([N+](=O)[O-])cc1. The van der Waals surface area contributed by atoms with E-state index in [2.05, 4.69) is 5.32 Å². The van der Waals surface area contributed by atoms with Crippen LogP contribution in [0.3, 0.4) is 0 Å². The molecular formula is C14H12FN3O3. The minimum absolute atomic E-state index is 0.0283. The van der Waals surface area contributed by atoms with Crippen LogP contribution in [-0.4, -0.2) is 10.8 Å². The average molecular weight is 289 g/mol. The maximum atomic E-state index is 13.1. The molecule has 0 radical (unpaired) electrons. The van der Waals surface area contributed by atoms with Crippen molar-refractivity contribution in [2.75, 3.05) is 5.73 Å². The van der Waals surface area contributed by atoms with Crippen molar-refractivity contribution < 1.29 is 14.1 Å². The fourth-order valence-corrected chi connectivity index (χ4v) is 1.74. The van der Waals surface area contributed by atoms with Crippen LogP contribution in [0.4, 0.5) is 15.8 Å². The highest BCUT2D eigenvalue weighted by atomic mass is 19.1. The molecule has 1 amide bonds. The highest BCUT2D eigenvalue weighted by Crippen LogP contribution is 2.14. The summed E-state index contributed by atoms with van der Waals surface area (Å²) in [7, 11) is 0. The van der Waals surface area contributed by atoms with Gasteiger partial charge in [0.2, 0.25) is 0 Å². The van der Waals surface area contributed by atoms with Gasteiger partial charge in [0.15, 0.2) is 0 Å². The molecule has 0 spiro atoms. The lowest BCUT2D eigenvalue weighted by Gasteiger charge is -2.07. The van der Waals surface area contributed by atoms with E-state index in [1.54, 1.807) is 0 Å². The molecule has 0 saturated carbocycles. The molecule has 7 heteroatoms. The van der Waals surface area contributed by atoms with Gasteiger partial charge in [0, 0.05) is 24.4 Å². The molecule has 0 aliphatic carbocycles. The number of hydrogen-bond donors (Lipinski definition) is 2. The number of nitrogens with one attached hydrogen (secondary N) is 1. The second-order valence-electron chi connectivity index (χ2n) is 4.34. The normalized spacial score (nSPS) is 10.1. The third-order valence-electron chi connectivity index (χ3n) is 2.86. The molecule has 0 unspecified atom stereocenters. The molecular weight excluding hydrogens is 277 g/mol. The lowest BCUT2D eigenvalue weighted by atomic mass is 10.1. The van der Waals surface area contributed by atoms with Crippen molar-refractivity contribution in [2.24, 2.45) is 0 Å². The van der Waals surface area contributed by atoms with E-state index in [1.807, 2.05) is 0 Å². The Morgan fingerprint density at radius 3 is 2.52 bits per heavy atom. The Kier molecular flexibility index (Phi) is 4.13. The van der Waals surface area contributed by atoms with E-state index < -0.39 is 16.6 Å². The first kappa shape index (κ1) is 14.4. The molecule has 0 aliphatic rings. The Hall–Kier alpha value is -2.96. The number of nitro benzene ring substituents is 1. The first-order valence-electron chi connectivity index (χ1n) is 6.04. The van der Waals surface area contributed by atoms with Crippen molar-refractivity contribution in [3.63, 3.8) is 0 Å². The summed E-state index contributed by atoms with van der Waals surface area (Å²) in [6, 6.07) is 9.30. The topological polar surface area (TPSA) is 98.3 Å². The van der Waals surface area contributed by atoms with Gasteiger partial charge >= 0.3 is 0 Å². The summed E-state index contributed by atoms with van der Waals surface area (Å²) >= 11 is 0. The molecule has 0 aliphatic heterocycles. The maximum Gasteiger partial charge on any atom is 0.269 e. The van der Waals surface area contributed by atoms with Crippen LogP contribution in [-0.2, 0) is 6.54 Å². The average Bonchev–Trinajstić information content (AvgIpc) is 2.47. The van der Waals surface area contributed by atoms with Crippen LogP contribution in [0.25, 0.3) is 0 Å². The van der Waals surface area contributed by atoms with E-state index in [0.717, 1.165) is 6.07 Å². The second-order valence-corrected chi connectivity index (χ2v) is 4.34. The van der Waals surface area contributed by atoms with Gasteiger partial charge < -0.3 is 11.1 Å². The number of rotatable bonds is 4. The number of non-ortho nitro benzene ring substituents is 1. The zero-order valence-electron chi connectivity index (χ0n) is 10.9. The Morgan fingerprint density at radius 1 is 1.24 bits per heavy atom. The summed E-state index contributed by atoms with van der Waals surface area (Å²) in [4.78, 5) is 21.9. The number of nitrogen functional groups attached to an aromatic ring is 1. The van der Waals surface area contributed by atoms with Gasteiger partial charge in [-0.05, 0) is 23.8 Å². The van der Waals surface area contributed by atoms with E-state index in [4.69, 9.17) is 5.73 Å². The van der Waals surface area contributed by atoms with Crippen molar-refractivity contribution >= 4 is 17.3 Å². The van der Waals surface area contributed by atoms with Gasteiger partial charge in [0.25, 0.3) is 11.6 Å². The molecule has 0 heterocycles. The monoisotopic (exact) mass is 289 g/mol. The maximum absolute atomic E-state index is 13.1. The summed E-state index contributed by atoms with van der Waals surface area (Å²) in [6.07, 6.45) is 0. The van der Waals surface area contributed by atoms with Crippen LogP contribution in [0.1, 0.15) is 15.9 Å². The fourth-order valence-electron chi connectivity index (χ4n) is 1.74. The number of benzene rings is 2. The number of carbonyl (C=O) groups excluding carboxylic acids is 1. The molecule has 21 heavy (non-hydrogen) atoms. The molecule has 0 saturated heterocycles. The molecule has 0 bridgehead atoms. The van der Waals surface area contributed by atoms with Crippen molar-refractivity contribution in [3.8, 4) is 0 Å². The third kappa shape index (κ3) is 3.53. The summed E-state index contributed by atoms with van der Waals surface area (Å²) < 4.78 is 13.1. The molecule has 2 aromatic rings. The zero-order valence-corrected chi connectivity index (χ0v) is 10.9. The first-order valence-corrected chi connectivity index (χ1v) is 6.04. The van der Waals surface area contributed by atoms with Crippen molar-refractivity contribution in [1.29, 1.82) is 0 Å². The first-order chi connectivity index (χ1) is 9.97. The van der Waals surface area contributed by atoms with Gasteiger partial charge in [-0.1, -0.05) is 12.1 Å². The van der Waals surface area contributed by atoms with E-state index in [-0.39, 0.29) is 23.5 Å². The van der Waals surface area contributed by atoms with Crippen LogP contribution < -0.4 is 11.1 Å². The van der Waals surface area contributed by atoms with E-state index in [1.165, 1.54) is 36.4 Å². The van der Waals surface area contributed by atoms with Crippen LogP contribution in [0.2, 0.25) is 0 Å². The largest absolute Gasteiger partial charge is 0.398 e. The van der Waals surface area contributed by atoms with Gasteiger partial charge in [-0.2, -0.15) is 0 Å². The van der Waals surface area contributed by atoms with E-state index in [9.17, 15) is 19.3 Å². The number of nitro groups is 1. The standard InChI is InChI=1S/C14H12FN3O3/c15-10-3-6-13(16)12(7-10)14(19)17-8-9-1-4-11(5-2-9)18(20)21/h1-7H,8,16H2,(H,17,19). The molecule has 0 fully saturated rings. The Morgan fingerprint density at radius 2 is 1.90 bits per heavy atom. The number of anilines is 1. The van der Waals surface area contributed by atoms with Crippen LogP contribution >= 0.6 is 0 Å². The summed E-state index contributed by atoms with van der Waals surface area (Å²) in [5, 5.41) is 13.1. The van der Waals surface area contributed by atoms with Gasteiger partial charge in [-0.15, -0.1) is 0 Å². The number of carbonyl (C=O) groups is 1. The van der Waals surface area contributed by atoms with Crippen molar-refractivity contribution in [2.45, 2.75) is 6.54 Å². The second kappa shape index (κ2) is 6.00. The minimum Gasteiger partial charge on any atom is -0.398 e. The fraction of sp³-hybridized carbons (Fsp3) is 0.0714. The molecule has 3 N–H and O–H groups in total. The van der Waals surface area contributed by atoms with E-state index >= 15 is 0 Å². The molecule has 108 valence electrons. The highest BCUT2D eigenvalue weighted by molar-refractivity contribution is 5.99. The van der Waals surface area contributed by atoms with Crippen LogP contribution in [0.15, 0.2) is 42.5 Å². The zero-order chi connectivity index (χ0) is 15.4. The summed E-state index contributed by atoms with van der Waals surface area (Å²) in [6.45, 7) is 0.160. The van der Waals surface area contributed by atoms with Gasteiger partial charge in [0.05, 0.1) is 10.5 Å². The number of nitrogens with two attached hydrogens (primary N) is 1. The predicted octanol–water partition coefficient (Wildman–Crippen LogP) is 2.25. The van der Waals surface area contributed by atoms with Crippen molar-refractivity contribution in [1.82, 2.24) is 5.32 Å². The van der Waals surface area contributed by atoms with Gasteiger partial charge in [-0.25, -0.2) is 4.39 Å². The number of hydrogen-bond acceptors (Lipinski definition) is 4. The number of amides is 1. The van der Waals surface area contributed by atoms with Crippen LogP contribution in [0.5, 0.6) is 0 Å². The summed E-state index contributed by atoms with van der Waals surface area (Å²) in [5.74, 6) is -1.06. The third-order valence-corrected chi connectivity index (χ3v) is 2.86. The smallest absolute Gasteiger partial charge is 0.269 e. The molecule has 0 atom stereocenters. The Balaban J connectivity index is 2.04. The molecule has 2 aromatic carbocycles. The Labute approximate surface area is 119 Å². The summed E-state index contributed by atoms with van der Waals surface area (Å²) in [5.41, 5.74) is 6.50. The minimum atomic E-state index is -0.551. The van der Waals surface area contributed by atoms with Crippen molar-refractivity contribution in [3.05, 3.63) is 69.5 Å². The highest BCUT2D eigenvalue weighted by Gasteiger charge is 2.11. The lowest BCUT2D eigenvalue weighted by Crippen LogP contribution is -2.23. The van der Waals surface area contributed by atoms with Gasteiger partial charge in [-0.3, -0.25) is 14.9 Å². The lowest BCUT2D eigenvalue weighted by molar-refractivity contribution is -0.384. The molecule has 0 aromatic heterocycles. The number of halogens is 1. The van der Waals surface area contributed by atoms with Crippen LogP contribution in [0, 0.1) is 15.9 Å². The number of nitrogens with zero attached hydrogens (tertiary/aromatic N) is 1. The predicted molar refractivity (Wildman–Crippen MR) is 75.1 cm³/mol. The molecule has 6 nitrogen and oxygen atoms in total. The van der Waals surface area contributed by atoms with Gasteiger partial charge in [0.1, 0.15) is 5.82 Å². The van der Waals surface area contributed by atoms with E-state index in [0.29, 0.717) is 5.56 Å². The quantitative estimate of drug-likeness (QED) is 0.512.